The smallest absolute Gasteiger partial charge is 0.342 e. The predicted octanol–water partition coefficient (Wildman–Crippen LogP) is 4.35. The molecule has 4 rings (SSSR count). The van der Waals surface area contributed by atoms with Crippen molar-refractivity contribution in [2.45, 2.75) is 13.5 Å². The van der Waals surface area contributed by atoms with Gasteiger partial charge >= 0.3 is 5.97 Å². The van der Waals surface area contributed by atoms with Crippen molar-refractivity contribution in [1.29, 1.82) is 0 Å². The van der Waals surface area contributed by atoms with Crippen molar-refractivity contribution >= 4 is 39.1 Å². The third-order valence-electron chi connectivity index (χ3n) is 4.48. The number of anilines is 2. The molecule has 0 fully saturated rings. The fourth-order valence-corrected chi connectivity index (χ4v) is 3.36. The Hall–Kier alpha value is -3.72. The molecular formula is C23H19BrN4O4. The zero-order valence-corrected chi connectivity index (χ0v) is 18.7. The lowest BCUT2D eigenvalue weighted by Crippen LogP contribution is -2.17. The lowest BCUT2D eigenvalue weighted by molar-refractivity contribution is 0.0468. The van der Waals surface area contributed by atoms with E-state index >= 15 is 0 Å². The molecule has 0 radical (unpaired) electrons. The van der Waals surface area contributed by atoms with Crippen LogP contribution in [0.1, 0.15) is 23.0 Å². The van der Waals surface area contributed by atoms with Gasteiger partial charge in [-0.25, -0.2) is 14.8 Å². The fraction of sp³-hybridized carbons (Fsp3) is 0.130. The number of nitrogens with one attached hydrogen (secondary N) is 1. The fourth-order valence-electron chi connectivity index (χ4n) is 3.02. The van der Waals surface area contributed by atoms with Gasteiger partial charge in [0.25, 0.3) is 5.56 Å². The first kappa shape index (κ1) is 21.5. The van der Waals surface area contributed by atoms with Crippen molar-refractivity contribution < 1.29 is 14.3 Å². The predicted molar refractivity (Wildman–Crippen MR) is 123 cm³/mol. The largest absolute Gasteiger partial charge is 0.494 e. The van der Waals surface area contributed by atoms with E-state index in [1.54, 1.807) is 36.7 Å². The van der Waals surface area contributed by atoms with Gasteiger partial charge in [0.05, 0.1) is 12.3 Å². The van der Waals surface area contributed by atoms with E-state index in [1.165, 1.54) is 10.5 Å². The molecule has 0 aliphatic rings. The molecule has 0 bridgehead atoms. The zero-order chi connectivity index (χ0) is 22.5. The molecule has 0 atom stereocenters. The molecule has 3 aromatic heterocycles. The summed E-state index contributed by atoms with van der Waals surface area (Å²) < 4.78 is 13.0. The van der Waals surface area contributed by atoms with Crippen LogP contribution >= 0.6 is 15.9 Å². The number of carbonyl (C=O) groups is 1. The summed E-state index contributed by atoms with van der Waals surface area (Å²) in [6.07, 6.45) is 3.21. The highest BCUT2D eigenvalue weighted by molar-refractivity contribution is 9.10. The summed E-state index contributed by atoms with van der Waals surface area (Å²) in [6, 6.07) is 15.4. The number of pyridine rings is 2. The lowest BCUT2D eigenvalue weighted by atomic mass is 10.2. The second-order valence-electron chi connectivity index (χ2n) is 6.72. The summed E-state index contributed by atoms with van der Waals surface area (Å²) in [4.78, 5) is 33.7. The van der Waals surface area contributed by atoms with Crippen molar-refractivity contribution in [3.05, 3.63) is 93.1 Å². The van der Waals surface area contributed by atoms with Gasteiger partial charge in [-0.3, -0.25) is 9.20 Å². The highest BCUT2D eigenvalue weighted by atomic mass is 79.9. The molecule has 1 N–H and O–H groups in total. The Bertz CT molecular complexity index is 1320. The Labute approximate surface area is 192 Å². The second kappa shape index (κ2) is 9.61. The summed E-state index contributed by atoms with van der Waals surface area (Å²) >= 11 is 3.33. The maximum atomic E-state index is 12.7. The molecule has 0 saturated carbocycles. The molecule has 0 amide bonds. The summed E-state index contributed by atoms with van der Waals surface area (Å²) in [5.41, 5.74) is 1.57. The number of nitrogens with zero attached hydrogens (tertiary/aromatic N) is 3. The van der Waals surface area contributed by atoms with Gasteiger partial charge < -0.3 is 14.8 Å². The molecule has 32 heavy (non-hydrogen) atoms. The van der Waals surface area contributed by atoms with Crippen LogP contribution in [0.15, 0.2) is 76.3 Å². The molecule has 0 unspecified atom stereocenters. The van der Waals surface area contributed by atoms with E-state index < -0.39 is 5.97 Å². The monoisotopic (exact) mass is 494 g/mol. The van der Waals surface area contributed by atoms with Gasteiger partial charge in [-0.05, 0) is 71.4 Å². The van der Waals surface area contributed by atoms with Gasteiger partial charge in [0.1, 0.15) is 29.4 Å². The third kappa shape index (κ3) is 4.94. The maximum Gasteiger partial charge on any atom is 0.342 e. The number of ether oxygens (including phenoxy) is 2. The molecule has 0 saturated heterocycles. The van der Waals surface area contributed by atoms with E-state index in [2.05, 4.69) is 31.2 Å². The topological polar surface area (TPSA) is 94.8 Å². The van der Waals surface area contributed by atoms with Crippen LogP contribution in [0.25, 0.3) is 5.65 Å². The van der Waals surface area contributed by atoms with Crippen LogP contribution < -0.4 is 15.6 Å². The SMILES string of the molecule is CCOc1ccc(Nc2ncccc2C(=O)OCc2cc(=O)n3cc(Br)ccc3n2)cc1. The molecule has 4 aromatic rings. The number of hydrogen-bond acceptors (Lipinski definition) is 7. The first-order valence-electron chi connectivity index (χ1n) is 9.83. The van der Waals surface area contributed by atoms with Crippen LogP contribution in [-0.4, -0.2) is 26.9 Å². The Morgan fingerprint density at radius 2 is 1.97 bits per heavy atom. The Kier molecular flexibility index (Phi) is 6.46. The van der Waals surface area contributed by atoms with E-state index in [-0.39, 0.29) is 17.7 Å². The van der Waals surface area contributed by atoms with Crippen molar-refractivity contribution in [2.24, 2.45) is 0 Å². The van der Waals surface area contributed by atoms with Crippen LogP contribution in [0.4, 0.5) is 11.5 Å². The third-order valence-corrected chi connectivity index (χ3v) is 4.95. The van der Waals surface area contributed by atoms with E-state index in [0.717, 1.165) is 15.9 Å². The number of hydrogen-bond donors (Lipinski definition) is 1. The first-order chi connectivity index (χ1) is 15.5. The minimum Gasteiger partial charge on any atom is -0.494 e. The minimum absolute atomic E-state index is 0.141. The zero-order valence-electron chi connectivity index (χ0n) is 17.1. The van der Waals surface area contributed by atoms with E-state index in [4.69, 9.17) is 9.47 Å². The standard InChI is InChI=1S/C23H19BrN4O4/c1-2-31-18-8-6-16(7-9-18)27-22-19(4-3-11-25-22)23(30)32-14-17-12-21(29)28-13-15(24)5-10-20(28)26-17/h3-13H,2,14H2,1H3,(H,25,27). The lowest BCUT2D eigenvalue weighted by Gasteiger charge is -2.11. The minimum atomic E-state index is -0.579. The molecule has 162 valence electrons. The van der Waals surface area contributed by atoms with Gasteiger partial charge in [0, 0.05) is 28.6 Å². The Morgan fingerprint density at radius 1 is 1.16 bits per heavy atom. The van der Waals surface area contributed by atoms with E-state index in [9.17, 15) is 9.59 Å². The van der Waals surface area contributed by atoms with Crippen molar-refractivity contribution in [1.82, 2.24) is 14.4 Å². The van der Waals surface area contributed by atoms with Crippen LogP contribution in [0.2, 0.25) is 0 Å². The second-order valence-corrected chi connectivity index (χ2v) is 7.64. The summed E-state index contributed by atoms with van der Waals surface area (Å²) in [6.45, 7) is 2.36. The Balaban J connectivity index is 1.49. The number of carbonyl (C=O) groups excluding carboxylic acids is 1. The van der Waals surface area contributed by atoms with Crippen molar-refractivity contribution in [2.75, 3.05) is 11.9 Å². The van der Waals surface area contributed by atoms with Crippen molar-refractivity contribution in [3.63, 3.8) is 0 Å². The molecule has 0 aliphatic carbocycles. The van der Waals surface area contributed by atoms with Crippen LogP contribution in [-0.2, 0) is 11.3 Å². The van der Waals surface area contributed by atoms with Crippen LogP contribution in [0.5, 0.6) is 5.75 Å². The Morgan fingerprint density at radius 3 is 2.75 bits per heavy atom. The van der Waals surface area contributed by atoms with Gasteiger partial charge in [0.2, 0.25) is 0 Å². The normalized spacial score (nSPS) is 10.7. The van der Waals surface area contributed by atoms with Gasteiger partial charge in [-0.1, -0.05) is 0 Å². The number of esters is 1. The summed E-state index contributed by atoms with van der Waals surface area (Å²) in [7, 11) is 0. The van der Waals surface area contributed by atoms with Gasteiger partial charge in [0.15, 0.2) is 0 Å². The number of benzene rings is 1. The molecule has 8 nitrogen and oxygen atoms in total. The molecule has 0 spiro atoms. The first-order valence-corrected chi connectivity index (χ1v) is 10.6. The van der Waals surface area contributed by atoms with Crippen LogP contribution in [0.3, 0.4) is 0 Å². The number of aromatic nitrogens is 3. The van der Waals surface area contributed by atoms with Gasteiger partial charge in [-0.15, -0.1) is 0 Å². The van der Waals surface area contributed by atoms with E-state index in [0.29, 0.717) is 23.8 Å². The van der Waals surface area contributed by atoms with Gasteiger partial charge in [-0.2, -0.15) is 0 Å². The summed E-state index contributed by atoms with van der Waals surface area (Å²) in [5, 5.41) is 3.12. The summed E-state index contributed by atoms with van der Waals surface area (Å²) in [5.74, 6) is 0.534. The quantitative estimate of drug-likeness (QED) is 0.381. The van der Waals surface area contributed by atoms with Crippen LogP contribution in [0, 0.1) is 0 Å². The highest BCUT2D eigenvalue weighted by Gasteiger charge is 2.15. The molecule has 9 heteroatoms. The maximum absolute atomic E-state index is 12.7. The number of rotatable bonds is 7. The van der Waals surface area contributed by atoms with Crippen molar-refractivity contribution in [3.8, 4) is 5.75 Å². The average molecular weight is 495 g/mol. The molecular weight excluding hydrogens is 476 g/mol. The number of fused-ring (bicyclic) bond motifs is 1. The number of halogens is 1. The molecule has 3 heterocycles. The average Bonchev–Trinajstić information content (AvgIpc) is 2.80. The molecule has 0 aliphatic heterocycles. The van der Waals surface area contributed by atoms with E-state index in [1.807, 2.05) is 31.2 Å². The molecule has 1 aromatic carbocycles. The highest BCUT2D eigenvalue weighted by Crippen LogP contribution is 2.22.